The molecule has 158 valence electrons. The van der Waals surface area contributed by atoms with Gasteiger partial charge in [-0.15, -0.1) is 0 Å². The van der Waals surface area contributed by atoms with Gasteiger partial charge in [0.1, 0.15) is 0 Å². The molecule has 2 aromatic rings. The molecule has 1 aromatic heterocycles. The zero-order valence-corrected chi connectivity index (χ0v) is 17.9. The summed E-state index contributed by atoms with van der Waals surface area (Å²) in [5.74, 6) is 0.896. The van der Waals surface area contributed by atoms with E-state index < -0.39 is 0 Å². The van der Waals surface area contributed by atoms with E-state index in [1.807, 2.05) is 31.2 Å². The van der Waals surface area contributed by atoms with Crippen molar-refractivity contribution in [2.75, 3.05) is 26.7 Å². The van der Waals surface area contributed by atoms with Crippen LogP contribution < -0.4 is 5.32 Å². The molecule has 0 aliphatic carbocycles. The summed E-state index contributed by atoms with van der Waals surface area (Å²) < 4.78 is 1.82. The summed E-state index contributed by atoms with van der Waals surface area (Å²) in [6, 6.07) is 8.73. The SMILES string of the molecule is CCNC(=NCc1ccc(CN2CCC(O)CC2)cc1)N(C)Cc1cnn(C)c1. The first-order valence-corrected chi connectivity index (χ1v) is 10.5. The van der Waals surface area contributed by atoms with E-state index in [1.54, 1.807) is 0 Å². The van der Waals surface area contributed by atoms with Gasteiger partial charge in [-0.1, -0.05) is 24.3 Å². The quantitative estimate of drug-likeness (QED) is 0.551. The Bertz CT molecular complexity index is 777. The van der Waals surface area contributed by atoms with Crippen LogP contribution in [-0.2, 0) is 26.7 Å². The Morgan fingerprint density at radius 2 is 1.90 bits per heavy atom. The molecule has 1 aromatic carbocycles. The van der Waals surface area contributed by atoms with Crippen LogP contribution in [0.15, 0.2) is 41.7 Å². The molecule has 0 unspecified atom stereocenters. The Labute approximate surface area is 174 Å². The summed E-state index contributed by atoms with van der Waals surface area (Å²) in [5, 5.41) is 17.2. The molecule has 3 rings (SSSR count). The maximum absolute atomic E-state index is 9.64. The first-order valence-electron chi connectivity index (χ1n) is 10.5. The maximum Gasteiger partial charge on any atom is 0.194 e. The largest absolute Gasteiger partial charge is 0.393 e. The van der Waals surface area contributed by atoms with Crippen LogP contribution in [0.5, 0.6) is 0 Å². The summed E-state index contributed by atoms with van der Waals surface area (Å²) in [6.45, 7) is 7.23. The Morgan fingerprint density at radius 3 is 2.52 bits per heavy atom. The van der Waals surface area contributed by atoms with Crippen molar-refractivity contribution in [3.05, 3.63) is 53.3 Å². The van der Waals surface area contributed by atoms with Gasteiger partial charge >= 0.3 is 0 Å². The second-order valence-corrected chi connectivity index (χ2v) is 7.87. The monoisotopic (exact) mass is 398 g/mol. The van der Waals surface area contributed by atoms with Gasteiger partial charge in [0.2, 0.25) is 0 Å². The van der Waals surface area contributed by atoms with Crippen LogP contribution in [-0.4, -0.2) is 63.4 Å². The summed E-state index contributed by atoms with van der Waals surface area (Å²) in [7, 11) is 3.98. The number of benzene rings is 1. The number of hydrogen-bond donors (Lipinski definition) is 2. The molecule has 1 aliphatic rings. The lowest BCUT2D eigenvalue weighted by molar-refractivity contribution is 0.0792. The zero-order valence-electron chi connectivity index (χ0n) is 17.9. The molecule has 7 nitrogen and oxygen atoms in total. The molecule has 0 amide bonds. The number of aliphatic imine (C=N–C) groups is 1. The fraction of sp³-hybridized carbons (Fsp3) is 0.545. The molecule has 0 radical (unpaired) electrons. The van der Waals surface area contributed by atoms with Crippen LogP contribution in [0.2, 0.25) is 0 Å². The van der Waals surface area contributed by atoms with Gasteiger partial charge in [0, 0.05) is 58.6 Å². The maximum atomic E-state index is 9.64. The first-order chi connectivity index (χ1) is 14.0. The highest BCUT2D eigenvalue weighted by molar-refractivity contribution is 5.79. The summed E-state index contributed by atoms with van der Waals surface area (Å²) >= 11 is 0. The van der Waals surface area contributed by atoms with E-state index in [2.05, 4.69) is 51.4 Å². The van der Waals surface area contributed by atoms with Crippen LogP contribution in [0.4, 0.5) is 0 Å². The Balaban J connectivity index is 1.55. The third kappa shape index (κ3) is 6.58. The van der Waals surface area contributed by atoms with E-state index in [9.17, 15) is 5.11 Å². The van der Waals surface area contributed by atoms with Crippen molar-refractivity contribution in [1.29, 1.82) is 0 Å². The smallest absolute Gasteiger partial charge is 0.194 e. The molecule has 29 heavy (non-hydrogen) atoms. The van der Waals surface area contributed by atoms with Gasteiger partial charge in [0.25, 0.3) is 0 Å². The lowest BCUT2D eigenvalue weighted by Gasteiger charge is -2.29. The number of aromatic nitrogens is 2. The lowest BCUT2D eigenvalue weighted by atomic mass is 10.1. The van der Waals surface area contributed by atoms with E-state index in [0.717, 1.165) is 57.1 Å². The third-order valence-electron chi connectivity index (χ3n) is 5.27. The number of rotatable bonds is 7. The van der Waals surface area contributed by atoms with Crippen LogP contribution in [0.25, 0.3) is 0 Å². The summed E-state index contributed by atoms with van der Waals surface area (Å²) in [6.07, 6.45) is 5.57. The van der Waals surface area contributed by atoms with Gasteiger partial charge in [0.05, 0.1) is 18.8 Å². The van der Waals surface area contributed by atoms with Crippen molar-refractivity contribution in [2.45, 2.75) is 45.5 Å². The normalized spacial score (nSPS) is 16.2. The van der Waals surface area contributed by atoms with Gasteiger partial charge in [-0.3, -0.25) is 9.58 Å². The van der Waals surface area contributed by atoms with Crippen molar-refractivity contribution in [2.24, 2.45) is 12.0 Å². The topological polar surface area (TPSA) is 68.9 Å². The number of aliphatic hydroxyl groups is 1. The second-order valence-electron chi connectivity index (χ2n) is 7.87. The van der Waals surface area contributed by atoms with Crippen molar-refractivity contribution in [1.82, 2.24) is 24.9 Å². The number of aryl methyl sites for hydroxylation is 1. The predicted molar refractivity (Wildman–Crippen MR) is 116 cm³/mol. The molecule has 0 atom stereocenters. The van der Waals surface area contributed by atoms with E-state index in [1.165, 1.54) is 11.1 Å². The highest BCUT2D eigenvalue weighted by Gasteiger charge is 2.16. The van der Waals surface area contributed by atoms with Crippen LogP contribution in [0, 0.1) is 0 Å². The fourth-order valence-corrected chi connectivity index (χ4v) is 3.62. The van der Waals surface area contributed by atoms with Crippen molar-refractivity contribution in [3.8, 4) is 0 Å². The van der Waals surface area contributed by atoms with E-state index >= 15 is 0 Å². The standard InChI is InChI=1S/C22H34N6O/c1-4-23-22(26(2)15-20-14-25-27(3)16-20)24-13-18-5-7-19(8-6-18)17-28-11-9-21(29)10-12-28/h5-8,14,16,21,29H,4,9-13,15,17H2,1-3H3,(H,23,24). The second kappa shape index (κ2) is 10.4. The Hall–Kier alpha value is -2.38. The number of piperidine rings is 1. The molecular formula is C22H34N6O. The van der Waals surface area contributed by atoms with Gasteiger partial charge in [-0.05, 0) is 30.9 Å². The number of likely N-dealkylation sites (tertiary alicyclic amines) is 1. The molecule has 7 heteroatoms. The number of aliphatic hydroxyl groups excluding tert-OH is 1. The van der Waals surface area contributed by atoms with E-state index in [-0.39, 0.29) is 6.10 Å². The zero-order chi connectivity index (χ0) is 20.6. The average Bonchev–Trinajstić information content (AvgIpc) is 3.12. The molecule has 0 spiro atoms. The minimum Gasteiger partial charge on any atom is -0.393 e. The van der Waals surface area contributed by atoms with Crippen LogP contribution in [0.3, 0.4) is 0 Å². The minimum atomic E-state index is -0.117. The Kier molecular flexibility index (Phi) is 7.66. The van der Waals surface area contributed by atoms with Gasteiger partial charge in [-0.2, -0.15) is 5.10 Å². The van der Waals surface area contributed by atoms with Crippen LogP contribution in [0.1, 0.15) is 36.5 Å². The number of nitrogens with one attached hydrogen (secondary N) is 1. The molecular weight excluding hydrogens is 364 g/mol. The van der Waals surface area contributed by atoms with Crippen LogP contribution >= 0.6 is 0 Å². The molecule has 1 fully saturated rings. The lowest BCUT2D eigenvalue weighted by Crippen LogP contribution is -2.38. The van der Waals surface area contributed by atoms with Crippen molar-refractivity contribution >= 4 is 5.96 Å². The third-order valence-corrected chi connectivity index (χ3v) is 5.27. The first kappa shape index (κ1) is 21.3. The molecule has 0 saturated carbocycles. The Morgan fingerprint density at radius 1 is 1.21 bits per heavy atom. The average molecular weight is 399 g/mol. The van der Waals surface area contributed by atoms with Crippen molar-refractivity contribution in [3.63, 3.8) is 0 Å². The minimum absolute atomic E-state index is 0.117. The molecule has 1 aliphatic heterocycles. The van der Waals surface area contributed by atoms with Gasteiger partial charge in [0.15, 0.2) is 5.96 Å². The number of guanidine groups is 1. The fourth-order valence-electron chi connectivity index (χ4n) is 3.62. The highest BCUT2D eigenvalue weighted by atomic mass is 16.3. The summed E-state index contributed by atoms with van der Waals surface area (Å²) in [4.78, 5) is 9.34. The number of hydrogen-bond acceptors (Lipinski definition) is 4. The molecule has 0 bridgehead atoms. The van der Waals surface area contributed by atoms with Gasteiger partial charge in [-0.25, -0.2) is 4.99 Å². The number of nitrogens with zero attached hydrogens (tertiary/aromatic N) is 5. The highest BCUT2D eigenvalue weighted by Crippen LogP contribution is 2.14. The van der Waals surface area contributed by atoms with E-state index in [4.69, 9.17) is 4.99 Å². The summed E-state index contributed by atoms with van der Waals surface area (Å²) in [5.41, 5.74) is 3.68. The van der Waals surface area contributed by atoms with Crippen molar-refractivity contribution < 1.29 is 5.11 Å². The predicted octanol–water partition coefficient (Wildman–Crippen LogP) is 1.97. The van der Waals surface area contributed by atoms with E-state index in [0.29, 0.717) is 6.54 Å². The molecule has 2 N–H and O–H groups in total. The molecule has 2 heterocycles. The molecule has 1 saturated heterocycles. The van der Waals surface area contributed by atoms with Gasteiger partial charge < -0.3 is 15.3 Å².